The number of nitrogens with zero attached hydrogens (tertiary/aromatic N) is 1. The van der Waals surface area contributed by atoms with E-state index in [9.17, 15) is 5.11 Å². The van der Waals surface area contributed by atoms with Crippen molar-refractivity contribution in [3.8, 4) is 5.75 Å². The van der Waals surface area contributed by atoms with Gasteiger partial charge in [0.05, 0.1) is 8.95 Å². The standard InChI is InChI=1S/C15H22Br2N2O/c1-15(2,3)14(19-6-4-18-5-7-19)10-8-11(16)13(20)12(17)9-10/h8-9,14,18,20H,4-7H2,1-3H3/t14-/m0/s1. The van der Waals surface area contributed by atoms with Gasteiger partial charge in [-0.15, -0.1) is 0 Å². The fourth-order valence-corrected chi connectivity index (χ4v) is 4.16. The fraction of sp³-hybridized carbons (Fsp3) is 0.600. The highest BCUT2D eigenvalue weighted by Crippen LogP contribution is 2.42. The van der Waals surface area contributed by atoms with Gasteiger partial charge in [0.1, 0.15) is 5.75 Å². The Hall–Kier alpha value is -0.100. The third-order valence-corrected chi connectivity index (χ3v) is 4.90. The molecule has 0 radical (unpaired) electrons. The van der Waals surface area contributed by atoms with Gasteiger partial charge in [0.25, 0.3) is 0 Å². The molecule has 1 saturated heterocycles. The Morgan fingerprint density at radius 1 is 1.15 bits per heavy atom. The van der Waals surface area contributed by atoms with Gasteiger partial charge in [0.15, 0.2) is 0 Å². The second kappa shape index (κ2) is 6.34. The highest BCUT2D eigenvalue weighted by atomic mass is 79.9. The highest BCUT2D eigenvalue weighted by Gasteiger charge is 2.33. The van der Waals surface area contributed by atoms with Crippen LogP contribution in [0.1, 0.15) is 32.4 Å². The Labute approximate surface area is 138 Å². The molecule has 1 aromatic rings. The van der Waals surface area contributed by atoms with Crippen LogP contribution in [0.3, 0.4) is 0 Å². The minimum Gasteiger partial charge on any atom is -0.506 e. The Morgan fingerprint density at radius 2 is 1.65 bits per heavy atom. The largest absolute Gasteiger partial charge is 0.506 e. The van der Waals surface area contributed by atoms with Crippen LogP contribution in [0.2, 0.25) is 0 Å². The molecule has 0 bridgehead atoms. The monoisotopic (exact) mass is 404 g/mol. The van der Waals surface area contributed by atoms with Gasteiger partial charge in [-0.1, -0.05) is 20.8 Å². The van der Waals surface area contributed by atoms with Crippen molar-refractivity contribution in [3.05, 3.63) is 26.6 Å². The van der Waals surface area contributed by atoms with Crippen molar-refractivity contribution < 1.29 is 5.11 Å². The quantitative estimate of drug-likeness (QED) is 0.782. The van der Waals surface area contributed by atoms with Crippen LogP contribution < -0.4 is 5.32 Å². The van der Waals surface area contributed by atoms with Crippen LogP contribution in [-0.2, 0) is 0 Å². The average Bonchev–Trinajstić information content (AvgIpc) is 2.35. The van der Waals surface area contributed by atoms with Crippen LogP contribution in [0.5, 0.6) is 5.75 Å². The van der Waals surface area contributed by atoms with Crippen molar-refractivity contribution in [2.75, 3.05) is 26.2 Å². The molecule has 1 aliphatic rings. The summed E-state index contributed by atoms with van der Waals surface area (Å²) in [5.41, 5.74) is 1.36. The average molecular weight is 406 g/mol. The molecule has 0 aromatic heterocycles. The number of benzene rings is 1. The molecule has 2 rings (SSSR count). The third kappa shape index (κ3) is 3.56. The zero-order valence-electron chi connectivity index (χ0n) is 12.2. The summed E-state index contributed by atoms with van der Waals surface area (Å²) >= 11 is 6.89. The number of piperazine rings is 1. The second-order valence-electron chi connectivity index (χ2n) is 6.39. The molecule has 112 valence electrons. The summed E-state index contributed by atoms with van der Waals surface area (Å²) in [5.74, 6) is 0.265. The van der Waals surface area contributed by atoms with E-state index >= 15 is 0 Å². The van der Waals surface area contributed by atoms with Crippen LogP contribution in [0.15, 0.2) is 21.1 Å². The molecule has 2 N–H and O–H groups in total. The minimum atomic E-state index is 0.132. The van der Waals surface area contributed by atoms with Gasteiger partial charge < -0.3 is 10.4 Å². The predicted octanol–water partition coefficient (Wildman–Crippen LogP) is 3.91. The maximum atomic E-state index is 9.91. The molecule has 1 atom stereocenters. The maximum absolute atomic E-state index is 9.91. The van der Waals surface area contributed by atoms with Crippen molar-refractivity contribution >= 4 is 31.9 Å². The number of halogens is 2. The van der Waals surface area contributed by atoms with Gasteiger partial charge in [-0.2, -0.15) is 0 Å². The van der Waals surface area contributed by atoms with E-state index in [1.807, 2.05) is 12.1 Å². The fourth-order valence-electron chi connectivity index (χ4n) is 2.94. The molecule has 0 amide bonds. The Kier molecular flexibility index (Phi) is 5.16. The van der Waals surface area contributed by atoms with Crippen LogP contribution in [0.4, 0.5) is 0 Å². The van der Waals surface area contributed by atoms with Crippen molar-refractivity contribution in [1.29, 1.82) is 0 Å². The van der Waals surface area contributed by atoms with E-state index in [0.717, 1.165) is 35.1 Å². The summed E-state index contributed by atoms with van der Waals surface area (Å²) in [6, 6.07) is 4.41. The van der Waals surface area contributed by atoms with Gasteiger partial charge in [0, 0.05) is 32.2 Å². The molecular formula is C15H22Br2N2O. The van der Waals surface area contributed by atoms with Gasteiger partial charge >= 0.3 is 0 Å². The van der Waals surface area contributed by atoms with Crippen LogP contribution in [0, 0.1) is 5.41 Å². The first-order chi connectivity index (χ1) is 9.30. The lowest BCUT2D eigenvalue weighted by atomic mass is 9.81. The number of hydrogen-bond donors (Lipinski definition) is 2. The Bertz CT molecular complexity index is 456. The van der Waals surface area contributed by atoms with Crippen LogP contribution in [0.25, 0.3) is 0 Å². The van der Waals surface area contributed by atoms with Crippen LogP contribution in [-0.4, -0.2) is 36.2 Å². The smallest absolute Gasteiger partial charge is 0.143 e. The van der Waals surface area contributed by atoms with E-state index in [4.69, 9.17) is 0 Å². The summed E-state index contributed by atoms with van der Waals surface area (Å²) in [4.78, 5) is 2.53. The van der Waals surface area contributed by atoms with Crippen molar-refractivity contribution in [3.63, 3.8) is 0 Å². The number of aromatic hydroxyl groups is 1. The van der Waals surface area contributed by atoms with Crippen molar-refractivity contribution in [2.45, 2.75) is 26.8 Å². The molecule has 1 aromatic carbocycles. The number of phenols is 1. The molecule has 0 aliphatic carbocycles. The van der Waals surface area contributed by atoms with E-state index in [-0.39, 0.29) is 11.2 Å². The molecule has 5 heteroatoms. The normalized spacial score (nSPS) is 19.1. The summed E-state index contributed by atoms with van der Waals surface area (Å²) in [5, 5.41) is 13.3. The number of phenolic OH excluding ortho intramolecular Hbond substituents is 1. The maximum Gasteiger partial charge on any atom is 0.143 e. The topological polar surface area (TPSA) is 35.5 Å². The third-order valence-electron chi connectivity index (χ3n) is 3.69. The minimum absolute atomic E-state index is 0.132. The lowest BCUT2D eigenvalue weighted by molar-refractivity contribution is 0.0861. The molecule has 1 aliphatic heterocycles. The predicted molar refractivity (Wildman–Crippen MR) is 90.1 cm³/mol. The second-order valence-corrected chi connectivity index (χ2v) is 8.10. The summed E-state index contributed by atoms with van der Waals surface area (Å²) in [6.07, 6.45) is 0. The summed E-state index contributed by atoms with van der Waals surface area (Å²) < 4.78 is 1.48. The number of rotatable bonds is 2. The van der Waals surface area contributed by atoms with E-state index in [1.165, 1.54) is 5.56 Å². The highest BCUT2D eigenvalue weighted by molar-refractivity contribution is 9.11. The number of hydrogen-bond acceptors (Lipinski definition) is 3. The summed E-state index contributed by atoms with van der Waals surface area (Å²) in [7, 11) is 0. The first kappa shape index (κ1) is 16.3. The SMILES string of the molecule is CC(C)(C)[C@H](c1cc(Br)c(O)c(Br)c1)N1CCNCC1. The molecule has 3 nitrogen and oxygen atoms in total. The van der Waals surface area contributed by atoms with E-state index in [0.29, 0.717) is 6.04 Å². The van der Waals surface area contributed by atoms with E-state index < -0.39 is 0 Å². The first-order valence-corrected chi connectivity index (χ1v) is 8.52. The van der Waals surface area contributed by atoms with Gasteiger partial charge in [0.2, 0.25) is 0 Å². The van der Waals surface area contributed by atoms with Gasteiger partial charge in [-0.25, -0.2) is 0 Å². The molecule has 0 unspecified atom stereocenters. The lowest BCUT2D eigenvalue weighted by Crippen LogP contribution is -2.48. The molecular weight excluding hydrogens is 384 g/mol. The van der Waals surface area contributed by atoms with Crippen molar-refractivity contribution in [2.24, 2.45) is 5.41 Å². The molecule has 0 saturated carbocycles. The number of nitrogens with one attached hydrogen (secondary N) is 1. The zero-order chi connectivity index (χ0) is 14.9. The lowest BCUT2D eigenvalue weighted by Gasteiger charge is -2.42. The zero-order valence-corrected chi connectivity index (χ0v) is 15.4. The molecule has 20 heavy (non-hydrogen) atoms. The summed E-state index contributed by atoms with van der Waals surface area (Å²) in [6.45, 7) is 11.0. The van der Waals surface area contributed by atoms with Gasteiger partial charge in [-0.3, -0.25) is 4.90 Å². The Balaban J connectivity index is 2.41. The Morgan fingerprint density at radius 3 is 2.10 bits per heavy atom. The van der Waals surface area contributed by atoms with Gasteiger partial charge in [-0.05, 0) is 55.0 Å². The van der Waals surface area contributed by atoms with E-state index in [2.05, 4.69) is 62.8 Å². The van der Waals surface area contributed by atoms with Crippen LogP contribution >= 0.6 is 31.9 Å². The molecule has 1 heterocycles. The van der Waals surface area contributed by atoms with Crippen molar-refractivity contribution in [1.82, 2.24) is 10.2 Å². The first-order valence-electron chi connectivity index (χ1n) is 6.93. The van der Waals surface area contributed by atoms with E-state index in [1.54, 1.807) is 0 Å². The molecule has 0 spiro atoms. The molecule has 1 fully saturated rings.